The molecule has 1 N–H and O–H groups in total. The van der Waals surface area contributed by atoms with E-state index in [0.29, 0.717) is 5.02 Å². The van der Waals surface area contributed by atoms with E-state index in [4.69, 9.17) is 16.3 Å². The number of thioether (sulfide) groups is 1. The molecular formula is C30H28ClN7O3S. The van der Waals surface area contributed by atoms with E-state index in [1.807, 2.05) is 67.8 Å². The zero-order chi connectivity index (χ0) is 29.4. The predicted molar refractivity (Wildman–Crippen MR) is 161 cm³/mol. The number of H-pyrrole nitrogens is 1. The molecule has 0 saturated heterocycles. The fourth-order valence-corrected chi connectivity index (χ4v) is 5.96. The number of rotatable bonds is 7. The molecule has 1 aliphatic heterocycles. The maximum atomic E-state index is 13.5. The lowest BCUT2D eigenvalue weighted by Crippen LogP contribution is -2.24. The van der Waals surface area contributed by atoms with Crippen molar-refractivity contribution in [2.45, 2.75) is 50.2 Å². The van der Waals surface area contributed by atoms with E-state index >= 15 is 0 Å². The van der Waals surface area contributed by atoms with Crippen LogP contribution in [-0.2, 0) is 16.0 Å². The predicted octanol–water partition coefficient (Wildman–Crippen LogP) is 5.50. The Bertz CT molecular complexity index is 1810. The molecule has 1 atom stereocenters. The molecule has 0 spiro atoms. The molecule has 12 heteroatoms. The molecule has 0 bridgehead atoms. The first-order chi connectivity index (χ1) is 20.1. The number of carbonyl (C=O) groups excluding carboxylic acids is 1. The summed E-state index contributed by atoms with van der Waals surface area (Å²) in [5, 5.41) is 12.0. The van der Waals surface area contributed by atoms with Gasteiger partial charge in [0.25, 0.3) is 5.56 Å². The quantitative estimate of drug-likeness (QED) is 0.192. The first kappa shape index (κ1) is 27.9. The number of nitrogens with zero attached hydrogens (tertiary/aromatic N) is 6. The van der Waals surface area contributed by atoms with Gasteiger partial charge in [0.1, 0.15) is 17.8 Å². The van der Waals surface area contributed by atoms with Gasteiger partial charge < -0.3 is 14.3 Å². The van der Waals surface area contributed by atoms with Crippen LogP contribution in [0.2, 0.25) is 5.02 Å². The lowest BCUT2D eigenvalue weighted by Gasteiger charge is -2.19. The molecule has 214 valence electrons. The van der Waals surface area contributed by atoms with E-state index in [2.05, 4.69) is 25.5 Å². The monoisotopic (exact) mass is 601 g/mol. The summed E-state index contributed by atoms with van der Waals surface area (Å²) in [4.78, 5) is 34.6. The minimum Gasteiger partial charge on any atom is -0.459 e. The number of imidazole rings is 1. The number of esters is 1. The average molecular weight is 602 g/mol. The van der Waals surface area contributed by atoms with Crippen LogP contribution in [0.25, 0.3) is 28.1 Å². The SMILES string of the molecule is CC(C)(C)OC(=O)CSc1ccc(-c2cnc([C@@H]3CCc4cc(-c5cc(Cl)ccc5-n5cnnn5)cc(=O)n43)[nH]2)cc1. The maximum Gasteiger partial charge on any atom is 0.316 e. The third-order valence-corrected chi connectivity index (χ3v) is 8.07. The van der Waals surface area contributed by atoms with Crippen LogP contribution in [0.15, 0.2) is 76.8 Å². The van der Waals surface area contributed by atoms with Crippen LogP contribution in [0.5, 0.6) is 0 Å². The van der Waals surface area contributed by atoms with E-state index in [-0.39, 0.29) is 23.3 Å². The van der Waals surface area contributed by atoms with Gasteiger partial charge in [-0.05, 0) is 91.6 Å². The minimum atomic E-state index is -0.497. The van der Waals surface area contributed by atoms with Crippen LogP contribution >= 0.6 is 23.4 Å². The molecule has 0 aliphatic carbocycles. The van der Waals surface area contributed by atoms with Crippen LogP contribution in [0.1, 0.15) is 44.8 Å². The zero-order valence-electron chi connectivity index (χ0n) is 23.2. The molecule has 6 rings (SSSR count). The Labute approximate surface area is 251 Å². The molecule has 5 aromatic rings. The highest BCUT2D eigenvalue weighted by Crippen LogP contribution is 2.34. The Hall–Kier alpha value is -4.22. The molecule has 3 aromatic heterocycles. The van der Waals surface area contributed by atoms with E-state index in [9.17, 15) is 9.59 Å². The first-order valence-corrected chi connectivity index (χ1v) is 14.8. The van der Waals surface area contributed by atoms with Crippen molar-refractivity contribution in [2.75, 3.05) is 5.75 Å². The fraction of sp³-hybridized carbons (Fsp3) is 0.267. The lowest BCUT2D eigenvalue weighted by atomic mass is 10.0. The van der Waals surface area contributed by atoms with Crippen molar-refractivity contribution in [2.24, 2.45) is 0 Å². The van der Waals surface area contributed by atoms with Gasteiger partial charge >= 0.3 is 5.97 Å². The number of hydrogen-bond donors (Lipinski definition) is 1. The number of halogens is 1. The maximum absolute atomic E-state index is 13.5. The Morgan fingerprint density at radius 1 is 1.12 bits per heavy atom. The summed E-state index contributed by atoms with van der Waals surface area (Å²) in [5.41, 5.74) is 4.39. The van der Waals surface area contributed by atoms with E-state index in [1.54, 1.807) is 23.0 Å². The van der Waals surface area contributed by atoms with Gasteiger partial charge in [0.2, 0.25) is 0 Å². The number of tetrazole rings is 1. The zero-order valence-corrected chi connectivity index (χ0v) is 24.8. The molecular weight excluding hydrogens is 574 g/mol. The van der Waals surface area contributed by atoms with Gasteiger partial charge in [0.15, 0.2) is 0 Å². The molecule has 0 fully saturated rings. The fourth-order valence-electron chi connectivity index (χ4n) is 5.12. The van der Waals surface area contributed by atoms with Crippen LogP contribution in [-0.4, -0.2) is 52.1 Å². The van der Waals surface area contributed by atoms with Crippen molar-refractivity contribution in [3.8, 4) is 28.1 Å². The summed E-state index contributed by atoms with van der Waals surface area (Å²) >= 11 is 7.76. The highest BCUT2D eigenvalue weighted by atomic mass is 35.5. The Kier molecular flexibility index (Phi) is 7.46. The van der Waals surface area contributed by atoms with Gasteiger partial charge in [-0.3, -0.25) is 9.59 Å². The molecule has 2 aromatic carbocycles. The summed E-state index contributed by atoms with van der Waals surface area (Å²) in [6.07, 6.45) is 4.78. The molecule has 0 amide bonds. The number of aryl methyl sites for hydroxylation is 1. The van der Waals surface area contributed by atoms with Gasteiger partial charge in [-0.2, -0.15) is 4.68 Å². The first-order valence-electron chi connectivity index (χ1n) is 13.4. The second-order valence-corrected chi connectivity index (χ2v) is 12.5. The number of ether oxygens (including phenoxy) is 1. The molecule has 10 nitrogen and oxygen atoms in total. The third kappa shape index (κ3) is 5.88. The number of hydrogen-bond acceptors (Lipinski definition) is 8. The molecule has 4 heterocycles. The normalized spacial score (nSPS) is 14.6. The van der Waals surface area contributed by atoms with E-state index in [1.165, 1.54) is 18.1 Å². The number of aromatic amines is 1. The summed E-state index contributed by atoms with van der Waals surface area (Å²) in [6, 6.07) is 16.8. The topological polar surface area (TPSA) is 121 Å². The Morgan fingerprint density at radius 3 is 2.67 bits per heavy atom. The average Bonchev–Trinajstić information content (AvgIpc) is 3.72. The third-order valence-electron chi connectivity index (χ3n) is 6.85. The van der Waals surface area contributed by atoms with E-state index < -0.39 is 5.60 Å². The van der Waals surface area contributed by atoms with Crippen molar-refractivity contribution in [3.05, 3.63) is 94.0 Å². The van der Waals surface area contributed by atoms with Crippen molar-refractivity contribution >= 4 is 29.3 Å². The van der Waals surface area contributed by atoms with Gasteiger partial charge in [-0.1, -0.05) is 23.7 Å². The number of benzene rings is 2. The van der Waals surface area contributed by atoms with E-state index in [0.717, 1.165) is 57.3 Å². The second-order valence-electron chi connectivity index (χ2n) is 11.0. The van der Waals surface area contributed by atoms with Crippen molar-refractivity contribution < 1.29 is 9.53 Å². The Balaban J connectivity index is 1.21. The van der Waals surface area contributed by atoms with Gasteiger partial charge in [-0.15, -0.1) is 16.9 Å². The molecule has 42 heavy (non-hydrogen) atoms. The van der Waals surface area contributed by atoms with Gasteiger partial charge in [0, 0.05) is 27.2 Å². The number of carbonyl (C=O) groups is 1. The second kappa shape index (κ2) is 11.2. The number of pyridine rings is 1. The van der Waals surface area contributed by atoms with Crippen molar-refractivity contribution in [1.29, 1.82) is 0 Å². The minimum absolute atomic E-state index is 0.114. The van der Waals surface area contributed by atoms with Crippen molar-refractivity contribution in [3.63, 3.8) is 0 Å². The van der Waals surface area contributed by atoms with Crippen LogP contribution < -0.4 is 5.56 Å². The summed E-state index contributed by atoms with van der Waals surface area (Å²) in [6.45, 7) is 5.57. The van der Waals surface area contributed by atoms with Crippen LogP contribution in [0, 0.1) is 0 Å². The largest absolute Gasteiger partial charge is 0.459 e. The van der Waals surface area contributed by atoms with Crippen molar-refractivity contribution in [1.82, 2.24) is 34.7 Å². The molecule has 0 radical (unpaired) electrons. The molecule has 1 aliphatic rings. The van der Waals surface area contributed by atoms with Gasteiger partial charge in [-0.25, -0.2) is 4.98 Å². The smallest absolute Gasteiger partial charge is 0.316 e. The lowest BCUT2D eigenvalue weighted by molar-refractivity contribution is -0.151. The molecule has 0 unspecified atom stereocenters. The summed E-state index contributed by atoms with van der Waals surface area (Å²) in [5.74, 6) is 0.743. The van der Waals surface area contributed by atoms with Crippen LogP contribution in [0.4, 0.5) is 0 Å². The van der Waals surface area contributed by atoms with Crippen LogP contribution in [0.3, 0.4) is 0 Å². The summed E-state index contributed by atoms with van der Waals surface area (Å²) < 4.78 is 8.74. The number of fused-ring (bicyclic) bond motifs is 1. The standard InChI is InChI=1S/C30H28ClN7O3S/c1-30(2,3)41-28(40)16-42-22-8-4-18(5-9-22)24-15-32-29(34-24)26-11-7-21-12-19(13-27(39)38(21)26)23-14-20(31)6-10-25(23)37-17-33-35-36-37/h4-6,8-10,12-15,17,26H,7,11,16H2,1-3H3,(H,32,34)/t26-/m0/s1. The Morgan fingerprint density at radius 2 is 1.93 bits per heavy atom. The summed E-state index contributed by atoms with van der Waals surface area (Å²) in [7, 11) is 0. The molecule has 0 saturated carbocycles. The van der Waals surface area contributed by atoms with Gasteiger partial charge in [0.05, 0.1) is 29.4 Å². The highest BCUT2D eigenvalue weighted by Gasteiger charge is 2.28. The number of aromatic nitrogens is 7. The number of nitrogens with one attached hydrogen (secondary N) is 1. The highest BCUT2D eigenvalue weighted by molar-refractivity contribution is 8.00.